The molecule has 0 radical (unpaired) electrons. The number of phenols is 1. The Kier molecular flexibility index (Phi) is 9.83. The number of anilines is 1. The van der Waals surface area contributed by atoms with Crippen LogP contribution in [0.15, 0.2) is 111 Å². The van der Waals surface area contributed by atoms with Gasteiger partial charge in [-0.25, -0.2) is 14.2 Å². The summed E-state index contributed by atoms with van der Waals surface area (Å²) >= 11 is 13.8. The number of carboxylic acids is 2. The Bertz CT molecular complexity index is 3170. The van der Waals surface area contributed by atoms with Crippen molar-refractivity contribution in [2.45, 2.75) is 6.54 Å². The largest absolute Gasteiger partial charge is 0.508 e. The highest BCUT2D eigenvalue weighted by Gasteiger charge is 2.30. The second-order valence-electron chi connectivity index (χ2n) is 14.0. The van der Waals surface area contributed by atoms with Gasteiger partial charge in [0.2, 0.25) is 5.36 Å². The second-order valence-corrected chi connectivity index (χ2v) is 14.8. The number of rotatable bonds is 8. The molecule has 4 aliphatic rings. The predicted octanol–water partition coefficient (Wildman–Crippen LogP) is 8.50. The molecule has 59 heavy (non-hydrogen) atoms. The third kappa shape index (κ3) is 6.88. The number of nitrogens with zero attached hydrogens (tertiary/aromatic N) is 1. The van der Waals surface area contributed by atoms with Crippen molar-refractivity contribution in [3.8, 4) is 50.7 Å². The molecule has 2 aliphatic carbocycles. The van der Waals surface area contributed by atoms with Crippen LogP contribution in [0.25, 0.3) is 66.8 Å². The zero-order chi connectivity index (χ0) is 41.9. The highest BCUT2D eigenvalue weighted by atomic mass is 35.5. The van der Waals surface area contributed by atoms with Crippen molar-refractivity contribution in [2.75, 3.05) is 26.5 Å². The van der Waals surface area contributed by atoms with Crippen LogP contribution in [0.5, 0.6) is 5.75 Å². The minimum absolute atomic E-state index is 0.0152. The van der Waals surface area contributed by atoms with Gasteiger partial charge in [0.25, 0.3) is 5.91 Å². The average Bonchev–Trinajstić information content (AvgIpc) is 3.20. The second kappa shape index (κ2) is 15.0. The first-order valence-corrected chi connectivity index (χ1v) is 18.8. The van der Waals surface area contributed by atoms with Crippen molar-refractivity contribution < 1.29 is 38.5 Å². The molecule has 0 saturated heterocycles. The van der Waals surface area contributed by atoms with Crippen molar-refractivity contribution in [3.05, 3.63) is 145 Å². The Labute approximate surface area is 344 Å². The van der Waals surface area contributed by atoms with E-state index in [1.807, 2.05) is 30.8 Å². The molecule has 14 heteroatoms. The van der Waals surface area contributed by atoms with Crippen molar-refractivity contribution in [2.24, 2.45) is 0 Å². The fourth-order valence-electron chi connectivity index (χ4n) is 7.34. The van der Waals surface area contributed by atoms with Gasteiger partial charge in [0.1, 0.15) is 42.5 Å². The molecule has 0 unspecified atom stereocenters. The highest BCUT2D eigenvalue weighted by molar-refractivity contribution is 6.41. The molecular weight excluding hydrogens is 797 g/mol. The van der Waals surface area contributed by atoms with Gasteiger partial charge in [0.05, 0.1) is 32.8 Å². The van der Waals surface area contributed by atoms with Crippen LogP contribution in [0.2, 0.25) is 10.0 Å². The number of halogens is 2. The van der Waals surface area contributed by atoms with Crippen LogP contribution in [0.3, 0.4) is 0 Å². The van der Waals surface area contributed by atoms with Crippen LogP contribution in [-0.2, 0) is 6.54 Å². The van der Waals surface area contributed by atoms with Gasteiger partial charge in [0.15, 0.2) is 5.43 Å². The van der Waals surface area contributed by atoms with Gasteiger partial charge < -0.3 is 34.8 Å². The first-order chi connectivity index (χ1) is 28.2. The van der Waals surface area contributed by atoms with Crippen LogP contribution in [0, 0.1) is 0 Å². The maximum atomic E-state index is 14.0. The summed E-state index contributed by atoms with van der Waals surface area (Å²) in [4.78, 5) is 52.0. The molecule has 2 heterocycles. The lowest BCUT2D eigenvalue weighted by Gasteiger charge is -2.20. The molecule has 12 nitrogen and oxygen atoms in total. The molecule has 0 atom stereocenters. The lowest BCUT2D eigenvalue weighted by molar-refractivity contribution is 0.0687. The van der Waals surface area contributed by atoms with E-state index in [-0.39, 0.29) is 61.4 Å². The van der Waals surface area contributed by atoms with Crippen molar-refractivity contribution >= 4 is 68.7 Å². The molecule has 0 spiro atoms. The molecule has 4 aromatic carbocycles. The normalized spacial score (nSPS) is 11.3. The number of amides is 1. The van der Waals surface area contributed by atoms with Gasteiger partial charge >= 0.3 is 11.9 Å². The Morgan fingerprint density at radius 2 is 1.36 bits per heavy atom. The average molecular weight is 830 g/mol. The van der Waals surface area contributed by atoms with Gasteiger partial charge in [-0.15, -0.1) is 0 Å². The smallest absolute Gasteiger partial charge is 0.337 e. The Morgan fingerprint density at radius 3 is 2.07 bits per heavy atom. The molecule has 5 N–H and O–H groups in total. The summed E-state index contributed by atoms with van der Waals surface area (Å²) in [6.07, 6.45) is 0. The number of carboxylic acid groups (broad SMARTS) is 2. The third-order valence-corrected chi connectivity index (χ3v) is 10.8. The van der Waals surface area contributed by atoms with Gasteiger partial charge in [-0.3, -0.25) is 9.59 Å². The maximum Gasteiger partial charge on any atom is 0.337 e. The Balaban J connectivity index is 1.22. The molecule has 0 saturated carbocycles. The van der Waals surface area contributed by atoms with E-state index in [2.05, 4.69) is 10.6 Å². The van der Waals surface area contributed by atoms with E-state index in [1.54, 1.807) is 55.6 Å². The van der Waals surface area contributed by atoms with E-state index in [9.17, 15) is 34.5 Å². The van der Waals surface area contributed by atoms with Crippen molar-refractivity contribution in [1.29, 1.82) is 0 Å². The summed E-state index contributed by atoms with van der Waals surface area (Å²) in [5.41, 5.74) is 3.15. The van der Waals surface area contributed by atoms with E-state index in [0.29, 0.717) is 55.5 Å². The zero-order valence-corrected chi connectivity index (χ0v) is 33.0. The minimum atomic E-state index is -1.36. The summed E-state index contributed by atoms with van der Waals surface area (Å²) in [5.74, 6) is -2.77. The zero-order valence-electron chi connectivity index (χ0n) is 31.4. The lowest BCUT2D eigenvalue weighted by atomic mass is 9.89. The summed E-state index contributed by atoms with van der Waals surface area (Å²) in [6.45, 7) is -0.154. The summed E-state index contributed by atoms with van der Waals surface area (Å²) < 4.78 is 14.2. The number of carbonyl (C=O) groups excluding carboxylic acids is 1. The quantitative estimate of drug-likeness (QED) is 0.0736. The van der Waals surface area contributed by atoms with E-state index in [0.717, 1.165) is 11.0 Å². The number of hydrogen-bond donors (Lipinski definition) is 5. The topological polar surface area (TPSA) is 182 Å². The highest BCUT2D eigenvalue weighted by Crippen LogP contribution is 2.47. The fourth-order valence-corrected chi connectivity index (χ4v) is 7.95. The number of nitrogens with one attached hydrogen (secondary N) is 2. The molecule has 0 bridgehead atoms. The van der Waals surface area contributed by atoms with Crippen LogP contribution >= 0.6 is 23.2 Å². The maximum absolute atomic E-state index is 14.0. The first kappa shape index (κ1) is 38.7. The number of hydrogen-bond acceptors (Lipinski definition) is 8. The Morgan fingerprint density at radius 1 is 0.695 bits per heavy atom. The number of fused-ring (bicyclic) bond motifs is 4. The molecule has 8 rings (SSSR count). The minimum Gasteiger partial charge on any atom is -0.508 e. The van der Waals surface area contributed by atoms with Gasteiger partial charge in [-0.05, 0) is 65.7 Å². The van der Waals surface area contributed by atoms with E-state index in [1.165, 1.54) is 36.4 Å². The van der Waals surface area contributed by atoms with Crippen molar-refractivity contribution in [3.63, 3.8) is 0 Å². The summed E-state index contributed by atoms with van der Waals surface area (Å²) in [5, 5.41) is 38.4. The van der Waals surface area contributed by atoms with Crippen LogP contribution in [-0.4, -0.2) is 54.3 Å². The SMILES string of the molecule is CNc1ccc2c(-c3c(Cl)c(C(=O)NCc4ccc(-c5c6ccc(=O)cc-6oc6cc(O)ccc56)c(C(=O)O)c4)cc(Cl)c3C(=O)O)c3ccc(=[N+](C)C)cc-3oc2c1. The first-order valence-electron chi connectivity index (χ1n) is 18.0. The van der Waals surface area contributed by atoms with Gasteiger partial charge in [-0.2, -0.15) is 0 Å². The molecule has 294 valence electrons. The fraction of sp³-hybridized carbons (Fsp3) is 0.0889. The number of phenolic OH excluding ortho intramolecular Hbond substituents is 1. The molecule has 0 aromatic heterocycles. The lowest BCUT2D eigenvalue weighted by Crippen LogP contribution is -2.24. The number of aromatic carboxylic acids is 2. The number of carbonyl (C=O) groups is 3. The van der Waals surface area contributed by atoms with Gasteiger partial charge in [-0.1, -0.05) is 35.3 Å². The molecular formula is C45H32Cl2N3O9+. The molecule has 2 aliphatic heterocycles. The molecule has 4 aromatic rings. The van der Waals surface area contributed by atoms with E-state index < -0.39 is 17.8 Å². The van der Waals surface area contributed by atoms with Crippen molar-refractivity contribution in [1.82, 2.24) is 9.89 Å². The monoisotopic (exact) mass is 828 g/mol. The van der Waals surface area contributed by atoms with Crippen LogP contribution < -0.4 is 26.0 Å². The Hall–Kier alpha value is -7.15. The van der Waals surface area contributed by atoms with Gasteiger partial charge in [0, 0.05) is 82.1 Å². The third-order valence-electron chi connectivity index (χ3n) is 10.1. The summed E-state index contributed by atoms with van der Waals surface area (Å²) in [7, 11) is 5.51. The van der Waals surface area contributed by atoms with Crippen LogP contribution in [0.4, 0.5) is 5.69 Å². The number of benzene rings is 6. The summed E-state index contributed by atoms with van der Waals surface area (Å²) in [6, 6.07) is 25.3. The molecule has 0 fully saturated rings. The van der Waals surface area contributed by atoms with Crippen LogP contribution in [0.1, 0.15) is 36.6 Å². The standard InChI is InChI=1S/C45H31Cl2N3O9/c1-48-22-5-10-29-34(15-22)58-35-16-23(50(2)3)6-11-30(35)39(29)41-40(45(56)57)33(46)19-32(42(41)47)43(53)49-20-21-4-9-26(31(14-21)44(54)55)38-27-12-7-24(51)17-36(27)59-37-18-25(52)8-13-28(37)38/h4-19H,20H2,1-3H3,(H4,49,51,52,53,54,55,56,57)/p+1. The predicted molar refractivity (Wildman–Crippen MR) is 226 cm³/mol. The van der Waals surface area contributed by atoms with E-state index >= 15 is 0 Å². The number of aromatic hydroxyl groups is 1. The van der Waals surface area contributed by atoms with E-state index in [4.69, 9.17) is 32.0 Å². The molecule has 1 amide bonds.